The number of nitrogens with one attached hydrogen (secondary N) is 2. The van der Waals surface area contributed by atoms with E-state index >= 15 is 0 Å². The Labute approximate surface area is 334 Å². The molecule has 286 valence electrons. The highest BCUT2D eigenvalue weighted by molar-refractivity contribution is 8.00. The molecule has 2 amide bonds. The topological polar surface area (TPSA) is 144 Å². The maximum Gasteiger partial charge on any atom is 0.355 e. The molecular weight excluding hydrogens is 779 g/mol. The zero-order valence-corrected chi connectivity index (χ0v) is 32.2. The van der Waals surface area contributed by atoms with Gasteiger partial charge in [0, 0.05) is 23.2 Å². The molecule has 0 unspecified atom stereocenters. The first-order chi connectivity index (χ1) is 27.4. The number of esters is 1. The molecule has 0 radical (unpaired) electrons. The van der Waals surface area contributed by atoms with E-state index in [9.17, 15) is 18.8 Å². The molecular formula is C40H34ClFN6O6S2. The van der Waals surface area contributed by atoms with Crippen LogP contribution in [0.3, 0.4) is 0 Å². The van der Waals surface area contributed by atoms with Gasteiger partial charge in [0.2, 0.25) is 16.7 Å². The van der Waals surface area contributed by atoms with Gasteiger partial charge < -0.3 is 24.9 Å². The van der Waals surface area contributed by atoms with Crippen molar-refractivity contribution < 1.29 is 33.1 Å². The number of β-lactam (4-membered cyclic amide) rings is 1. The van der Waals surface area contributed by atoms with Crippen molar-refractivity contribution in [2.24, 2.45) is 5.16 Å². The zero-order valence-electron chi connectivity index (χ0n) is 29.8. The number of nitrogens with zero attached hydrogens (tertiary/aromatic N) is 4. The summed E-state index contributed by atoms with van der Waals surface area (Å²) in [6, 6.07) is 35.4. The number of thioether (sulfide) groups is 1. The van der Waals surface area contributed by atoms with Gasteiger partial charge in [-0.25, -0.2) is 9.18 Å². The van der Waals surface area contributed by atoms with Crippen LogP contribution in [0.5, 0.6) is 5.75 Å². The molecule has 0 bridgehead atoms. The molecule has 1 fully saturated rings. The smallest absolute Gasteiger partial charge is 0.355 e. The van der Waals surface area contributed by atoms with Crippen LogP contribution in [0.1, 0.15) is 28.1 Å². The van der Waals surface area contributed by atoms with E-state index in [0.717, 1.165) is 33.8 Å². The third-order valence-corrected chi connectivity index (χ3v) is 11.5. The van der Waals surface area contributed by atoms with E-state index in [2.05, 4.69) is 30.0 Å². The van der Waals surface area contributed by atoms with E-state index in [4.69, 9.17) is 21.1 Å². The van der Waals surface area contributed by atoms with Crippen molar-refractivity contribution in [1.29, 1.82) is 0 Å². The minimum absolute atomic E-state index is 0.00314. The number of alkyl halides is 2. The number of fused-ring (bicyclic) bond motifs is 1. The maximum atomic E-state index is 13.8. The number of rotatable bonds is 15. The van der Waals surface area contributed by atoms with Crippen LogP contribution >= 0.6 is 34.9 Å². The van der Waals surface area contributed by atoms with Crippen LogP contribution in [0.2, 0.25) is 0 Å². The van der Waals surface area contributed by atoms with Crippen LogP contribution in [0.4, 0.5) is 9.52 Å². The highest BCUT2D eigenvalue weighted by Crippen LogP contribution is 2.42. The van der Waals surface area contributed by atoms with Gasteiger partial charge in [0.1, 0.15) is 35.0 Å². The van der Waals surface area contributed by atoms with Gasteiger partial charge in [-0.1, -0.05) is 108 Å². The monoisotopic (exact) mass is 812 g/mol. The quantitative estimate of drug-likeness (QED) is 0.0312. The van der Waals surface area contributed by atoms with Crippen molar-refractivity contribution in [2.45, 2.75) is 23.6 Å². The van der Waals surface area contributed by atoms with Gasteiger partial charge >= 0.3 is 5.97 Å². The highest BCUT2D eigenvalue weighted by Gasteiger charge is 2.54. The van der Waals surface area contributed by atoms with Gasteiger partial charge in [0.15, 0.2) is 0 Å². The molecule has 0 spiro atoms. The van der Waals surface area contributed by atoms with Gasteiger partial charge in [0.25, 0.3) is 18.7 Å². The van der Waals surface area contributed by atoms with Crippen molar-refractivity contribution in [3.05, 3.63) is 155 Å². The summed E-state index contributed by atoms with van der Waals surface area (Å²) in [5.41, 5.74) is 2.63. The molecule has 1 aromatic heterocycles. The molecule has 2 N–H and O–H groups in total. The molecule has 5 aromatic rings. The molecule has 56 heavy (non-hydrogen) atoms. The van der Waals surface area contributed by atoms with E-state index in [-0.39, 0.29) is 24.0 Å². The normalized spacial score (nSPS) is 16.7. The second-order valence-corrected chi connectivity index (χ2v) is 14.6. The Bertz CT molecular complexity index is 2150. The number of oxime groups is 1. The lowest BCUT2D eigenvalue weighted by molar-refractivity contribution is -0.153. The Morgan fingerprint density at radius 2 is 1.55 bits per heavy atom. The van der Waals surface area contributed by atoms with Gasteiger partial charge in [-0.15, -0.1) is 23.4 Å². The number of amides is 2. The maximum absolute atomic E-state index is 13.8. The van der Waals surface area contributed by atoms with Crippen molar-refractivity contribution >= 4 is 63.5 Å². The summed E-state index contributed by atoms with van der Waals surface area (Å²) in [5.74, 6) is -1.34. The summed E-state index contributed by atoms with van der Waals surface area (Å²) in [4.78, 5) is 51.4. The minimum Gasteiger partial charge on any atom is -0.497 e. The molecule has 0 aliphatic carbocycles. The van der Waals surface area contributed by atoms with Crippen molar-refractivity contribution in [3.63, 3.8) is 0 Å². The van der Waals surface area contributed by atoms with E-state index in [1.807, 2.05) is 91.0 Å². The van der Waals surface area contributed by atoms with Gasteiger partial charge in [-0.3, -0.25) is 14.5 Å². The number of halogens is 2. The average molecular weight is 813 g/mol. The lowest BCUT2D eigenvalue weighted by atomic mass is 9.77. The molecule has 2 aliphatic rings. The highest BCUT2D eigenvalue weighted by atomic mass is 35.5. The molecule has 2 aliphatic heterocycles. The summed E-state index contributed by atoms with van der Waals surface area (Å²) in [7, 11) is 1.55. The van der Waals surface area contributed by atoms with Crippen molar-refractivity contribution in [3.8, 4) is 5.75 Å². The molecule has 3 heterocycles. The van der Waals surface area contributed by atoms with Crippen LogP contribution in [0.15, 0.2) is 132 Å². The van der Waals surface area contributed by atoms with Crippen LogP contribution in [-0.4, -0.2) is 74.8 Å². The van der Waals surface area contributed by atoms with Crippen LogP contribution < -0.4 is 15.4 Å². The number of benzene rings is 4. The first-order valence-electron chi connectivity index (χ1n) is 17.3. The lowest BCUT2D eigenvalue weighted by Crippen LogP contribution is -2.71. The SMILES string of the molecule is COc1ccc(COC(=O)C2=C(CCl)CS[C@@H]3[C@H](NC(=O)C(=NOCF)c4nsc(NC(c5ccccc5)(c5ccccc5)c5ccccc5)n4)C(=O)N23)cc1. The van der Waals surface area contributed by atoms with Crippen molar-refractivity contribution in [1.82, 2.24) is 19.6 Å². The first kappa shape index (κ1) is 38.5. The second-order valence-electron chi connectivity index (χ2n) is 12.4. The Morgan fingerprint density at radius 3 is 2.11 bits per heavy atom. The lowest BCUT2D eigenvalue weighted by Gasteiger charge is -2.49. The number of hydrogen-bond acceptors (Lipinski definition) is 12. The number of anilines is 1. The standard InChI is InChI=1S/C40H34ClFN6O6S2/c1-52-30-19-17-25(18-20-30)22-53-38(51)33-26(21-41)23-55-37-32(36(50)48(33)37)43-35(49)31(46-54-24-42)34-44-39(56-47-34)45-40(27-11-5-2-6-12-27,28-13-7-3-8-14-28)29-15-9-4-10-16-29/h2-20,32,37H,21-24H2,1H3,(H,43,49)(H,44,45,47)/t32-,37-/m1/s1. The Morgan fingerprint density at radius 1 is 0.946 bits per heavy atom. The van der Waals surface area contributed by atoms with Crippen LogP contribution in [0, 0.1) is 0 Å². The first-order valence-corrected chi connectivity index (χ1v) is 19.6. The average Bonchev–Trinajstić information content (AvgIpc) is 3.72. The van der Waals surface area contributed by atoms with E-state index in [1.165, 1.54) is 16.7 Å². The number of carbonyl (C=O) groups is 3. The van der Waals surface area contributed by atoms with Gasteiger partial charge in [-0.2, -0.15) is 9.36 Å². The molecule has 4 aromatic carbocycles. The fraction of sp³-hybridized carbons (Fsp3) is 0.200. The van der Waals surface area contributed by atoms with Gasteiger partial charge in [0.05, 0.1) is 7.11 Å². The Hall–Kier alpha value is -5.77. The number of ether oxygens (including phenoxy) is 2. The summed E-state index contributed by atoms with van der Waals surface area (Å²) in [6.07, 6.45) is 0. The summed E-state index contributed by atoms with van der Waals surface area (Å²) in [5, 5.41) is 9.63. The number of aromatic nitrogens is 2. The fourth-order valence-corrected chi connectivity index (χ4v) is 8.81. The summed E-state index contributed by atoms with van der Waals surface area (Å²) < 4.78 is 28.5. The zero-order chi connectivity index (χ0) is 39.1. The third kappa shape index (κ3) is 7.70. The van der Waals surface area contributed by atoms with E-state index in [0.29, 0.717) is 22.2 Å². The largest absolute Gasteiger partial charge is 0.497 e. The van der Waals surface area contributed by atoms with E-state index < -0.39 is 47.3 Å². The predicted molar refractivity (Wildman–Crippen MR) is 212 cm³/mol. The minimum atomic E-state index is -1.33. The molecule has 2 atom stereocenters. The number of hydrogen-bond donors (Lipinski definition) is 2. The predicted octanol–water partition coefficient (Wildman–Crippen LogP) is 6.23. The summed E-state index contributed by atoms with van der Waals surface area (Å²) in [6.45, 7) is -1.37. The van der Waals surface area contributed by atoms with Crippen molar-refractivity contribution in [2.75, 3.05) is 30.9 Å². The fourth-order valence-electron chi connectivity index (χ4n) is 6.51. The molecule has 1 saturated heterocycles. The Kier molecular flexibility index (Phi) is 11.9. The number of methoxy groups -OCH3 is 1. The summed E-state index contributed by atoms with van der Waals surface area (Å²) >= 11 is 8.50. The number of carbonyl (C=O) groups excluding carboxylic acids is 3. The molecule has 7 rings (SSSR count). The third-order valence-electron chi connectivity index (χ3n) is 9.19. The Balaban J connectivity index is 1.11. The van der Waals surface area contributed by atoms with E-state index in [1.54, 1.807) is 31.4 Å². The van der Waals surface area contributed by atoms with Crippen LogP contribution in [-0.2, 0) is 36.1 Å². The molecule has 0 saturated carbocycles. The second kappa shape index (κ2) is 17.4. The van der Waals surface area contributed by atoms with Gasteiger partial charge in [-0.05, 0) is 40.0 Å². The van der Waals surface area contributed by atoms with Crippen LogP contribution in [0.25, 0.3) is 0 Å². The molecule has 12 nitrogen and oxygen atoms in total. The molecule has 16 heteroatoms.